The summed E-state index contributed by atoms with van der Waals surface area (Å²) in [5.41, 5.74) is 2.25. The quantitative estimate of drug-likeness (QED) is 0.851. The molecule has 6 heteroatoms. The summed E-state index contributed by atoms with van der Waals surface area (Å²) >= 11 is 5.88. The van der Waals surface area contributed by atoms with Gasteiger partial charge in [0.1, 0.15) is 0 Å². The lowest BCUT2D eigenvalue weighted by atomic mass is 10.1. The van der Waals surface area contributed by atoms with Gasteiger partial charge in [0.2, 0.25) is 10.0 Å². The fourth-order valence-electron chi connectivity index (χ4n) is 1.98. The highest BCUT2D eigenvalue weighted by Gasteiger charge is 2.14. The first-order chi connectivity index (χ1) is 10.3. The van der Waals surface area contributed by atoms with Crippen molar-refractivity contribution in [3.8, 4) is 0 Å². The van der Waals surface area contributed by atoms with Gasteiger partial charge in [-0.1, -0.05) is 29.8 Å². The van der Waals surface area contributed by atoms with Crippen LogP contribution in [0.25, 0.3) is 0 Å². The molecule has 1 N–H and O–H groups in total. The van der Waals surface area contributed by atoms with Crippen LogP contribution in [0, 0.1) is 6.92 Å². The van der Waals surface area contributed by atoms with Crippen molar-refractivity contribution in [1.82, 2.24) is 4.72 Å². The number of benzene rings is 2. The molecule has 0 aliphatic rings. The van der Waals surface area contributed by atoms with Crippen LogP contribution >= 0.6 is 11.6 Å². The molecule has 0 amide bonds. The molecule has 0 atom stereocenters. The van der Waals surface area contributed by atoms with Crippen LogP contribution in [0.4, 0.5) is 0 Å². The number of halogens is 1. The minimum Gasteiger partial charge on any atom is -0.295 e. The molecule has 2 rings (SSSR count). The molecule has 4 nitrogen and oxygen atoms in total. The summed E-state index contributed by atoms with van der Waals surface area (Å²) in [6, 6.07) is 11.2. The normalized spacial score (nSPS) is 11.4. The molecule has 22 heavy (non-hydrogen) atoms. The third kappa shape index (κ3) is 3.94. The first-order valence-corrected chi connectivity index (χ1v) is 8.51. The van der Waals surface area contributed by atoms with Crippen LogP contribution < -0.4 is 4.72 Å². The number of aryl methyl sites for hydroxylation is 1. The van der Waals surface area contributed by atoms with Gasteiger partial charge >= 0.3 is 0 Å². The summed E-state index contributed by atoms with van der Waals surface area (Å²) in [5.74, 6) is -0.103. The van der Waals surface area contributed by atoms with E-state index >= 15 is 0 Å². The molecule has 116 valence electrons. The molecule has 0 aliphatic heterocycles. The Balaban J connectivity index is 2.15. The molecule has 0 radical (unpaired) electrons. The Kier molecular flexibility index (Phi) is 5.01. The predicted molar refractivity (Wildman–Crippen MR) is 86.7 cm³/mol. The lowest BCUT2D eigenvalue weighted by molar-refractivity contribution is 0.101. The van der Waals surface area contributed by atoms with E-state index < -0.39 is 10.0 Å². The van der Waals surface area contributed by atoms with Gasteiger partial charge in [0, 0.05) is 17.1 Å². The summed E-state index contributed by atoms with van der Waals surface area (Å²) in [5, 5.41) is 0.615. The second-order valence-corrected chi connectivity index (χ2v) is 7.18. The SMILES string of the molecule is CC(=O)c1ccc(S(=O)(=O)NCc2ccc(Cl)cc2C)cc1. The third-order valence-electron chi connectivity index (χ3n) is 3.33. The maximum Gasteiger partial charge on any atom is 0.240 e. The lowest BCUT2D eigenvalue weighted by Crippen LogP contribution is -2.23. The molecular weight excluding hydrogens is 322 g/mol. The molecule has 0 spiro atoms. The van der Waals surface area contributed by atoms with Gasteiger partial charge in [-0.2, -0.15) is 0 Å². The van der Waals surface area contributed by atoms with Crippen LogP contribution in [0.3, 0.4) is 0 Å². The minimum atomic E-state index is -3.62. The summed E-state index contributed by atoms with van der Waals surface area (Å²) < 4.78 is 27.0. The Hall–Kier alpha value is -1.69. The fourth-order valence-corrected chi connectivity index (χ4v) is 3.22. The Morgan fingerprint density at radius 2 is 1.77 bits per heavy atom. The second-order valence-electron chi connectivity index (χ2n) is 4.98. The van der Waals surface area contributed by atoms with E-state index in [1.165, 1.54) is 31.2 Å². The molecule has 2 aromatic rings. The number of rotatable bonds is 5. The first kappa shape index (κ1) is 16.7. The molecule has 0 aliphatic carbocycles. The number of Topliss-reactive ketones (excluding diaryl/α,β-unsaturated/α-hetero) is 1. The average molecular weight is 338 g/mol. The average Bonchev–Trinajstić information content (AvgIpc) is 2.46. The van der Waals surface area contributed by atoms with Gasteiger partial charge in [-0.3, -0.25) is 4.79 Å². The highest BCUT2D eigenvalue weighted by atomic mass is 35.5. The Labute approximate surface area is 135 Å². The van der Waals surface area contributed by atoms with Gasteiger partial charge in [-0.15, -0.1) is 0 Å². The summed E-state index contributed by atoms with van der Waals surface area (Å²) in [7, 11) is -3.62. The second kappa shape index (κ2) is 6.60. The number of carbonyl (C=O) groups excluding carboxylic acids is 1. The number of ketones is 1. The van der Waals surface area contributed by atoms with E-state index in [1.54, 1.807) is 18.2 Å². The highest BCUT2D eigenvalue weighted by Crippen LogP contribution is 2.16. The molecule has 0 saturated heterocycles. The van der Waals surface area contributed by atoms with Gasteiger partial charge in [-0.05, 0) is 49.2 Å². The number of hydrogen-bond donors (Lipinski definition) is 1. The molecule has 0 aromatic heterocycles. The molecule has 0 unspecified atom stereocenters. The highest BCUT2D eigenvalue weighted by molar-refractivity contribution is 7.89. The van der Waals surface area contributed by atoms with Crippen molar-refractivity contribution in [3.63, 3.8) is 0 Å². The van der Waals surface area contributed by atoms with Crippen LogP contribution in [0.1, 0.15) is 28.4 Å². The largest absolute Gasteiger partial charge is 0.295 e. The lowest BCUT2D eigenvalue weighted by Gasteiger charge is -2.09. The topological polar surface area (TPSA) is 63.2 Å². The Morgan fingerprint density at radius 1 is 1.14 bits per heavy atom. The van der Waals surface area contributed by atoms with Crippen molar-refractivity contribution in [2.24, 2.45) is 0 Å². The number of hydrogen-bond acceptors (Lipinski definition) is 3. The molecule has 0 saturated carbocycles. The monoisotopic (exact) mass is 337 g/mol. The fraction of sp³-hybridized carbons (Fsp3) is 0.188. The first-order valence-electron chi connectivity index (χ1n) is 6.65. The summed E-state index contributed by atoms with van der Waals surface area (Å²) in [6.45, 7) is 3.49. The van der Waals surface area contributed by atoms with Crippen molar-refractivity contribution in [2.45, 2.75) is 25.3 Å². The Bertz CT molecular complexity index is 799. The van der Waals surface area contributed by atoms with E-state index in [-0.39, 0.29) is 17.2 Å². The number of sulfonamides is 1. The van der Waals surface area contributed by atoms with Crippen LogP contribution in [-0.2, 0) is 16.6 Å². The van der Waals surface area contributed by atoms with E-state index in [2.05, 4.69) is 4.72 Å². The molecule has 0 bridgehead atoms. The smallest absolute Gasteiger partial charge is 0.240 e. The zero-order valence-electron chi connectivity index (χ0n) is 12.3. The predicted octanol–water partition coefficient (Wildman–Crippen LogP) is 3.33. The molecule has 0 fully saturated rings. The van der Waals surface area contributed by atoms with E-state index in [0.29, 0.717) is 10.6 Å². The van der Waals surface area contributed by atoms with Crippen LogP contribution in [0.5, 0.6) is 0 Å². The van der Waals surface area contributed by atoms with Crippen molar-refractivity contribution in [2.75, 3.05) is 0 Å². The van der Waals surface area contributed by atoms with Crippen molar-refractivity contribution < 1.29 is 13.2 Å². The van der Waals surface area contributed by atoms with Gasteiger partial charge in [0.25, 0.3) is 0 Å². The summed E-state index contributed by atoms with van der Waals surface area (Å²) in [6.07, 6.45) is 0. The van der Waals surface area contributed by atoms with Gasteiger partial charge in [-0.25, -0.2) is 13.1 Å². The maximum atomic E-state index is 12.2. The zero-order chi connectivity index (χ0) is 16.3. The van der Waals surface area contributed by atoms with Gasteiger partial charge < -0.3 is 0 Å². The van der Waals surface area contributed by atoms with E-state index in [0.717, 1.165) is 11.1 Å². The zero-order valence-corrected chi connectivity index (χ0v) is 13.8. The summed E-state index contributed by atoms with van der Waals surface area (Å²) in [4.78, 5) is 11.3. The van der Waals surface area contributed by atoms with Crippen LogP contribution in [0.15, 0.2) is 47.4 Å². The number of nitrogens with one attached hydrogen (secondary N) is 1. The Morgan fingerprint density at radius 3 is 2.32 bits per heavy atom. The van der Waals surface area contributed by atoms with Crippen molar-refractivity contribution >= 4 is 27.4 Å². The van der Waals surface area contributed by atoms with Crippen molar-refractivity contribution in [1.29, 1.82) is 0 Å². The maximum absolute atomic E-state index is 12.2. The van der Waals surface area contributed by atoms with Crippen LogP contribution in [0.2, 0.25) is 5.02 Å². The van der Waals surface area contributed by atoms with E-state index in [4.69, 9.17) is 11.6 Å². The van der Waals surface area contributed by atoms with Gasteiger partial charge in [0.15, 0.2) is 5.78 Å². The van der Waals surface area contributed by atoms with E-state index in [1.807, 2.05) is 6.92 Å². The van der Waals surface area contributed by atoms with Crippen molar-refractivity contribution in [3.05, 3.63) is 64.2 Å². The molecular formula is C16H16ClNO3S. The standard InChI is InChI=1S/C16H16ClNO3S/c1-11-9-15(17)6-3-14(11)10-18-22(20,21)16-7-4-13(5-8-16)12(2)19/h3-9,18H,10H2,1-2H3. The third-order valence-corrected chi connectivity index (χ3v) is 4.98. The van der Waals surface area contributed by atoms with Crippen LogP contribution in [-0.4, -0.2) is 14.2 Å². The molecule has 2 aromatic carbocycles. The van der Waals surface area contributed by atoms with E-state index in [9.17, 15) is 13.2 Å². The number of carbonyl (C=O) groups is 1. The minimum absolute atomic E-state index is 0.103. The van der Waals surface area contributed by atoms with Gasteiger partial charge in [0.05, 0.1) is 4.90 Å². The molecule has 0 heterocycles.